The van der Waals surface area contributed by atoms with E-state index in [-0.39, 0.29) is 0 Å². The van der Waals surface area contributed by atoms with E-state index >= 15 is 0 Å². The van der Waals surface area contributed by atoms with Gasteiger partial charge in [-0.2, -0.15) is 0 Å². The summed E-state index contributed by atoms with van der Waals surface area (Å²) >= 11 is 0.834. The highest BCUT2D eigenvalue weighted by molar-refractivity contribution is 8.19. The molecule has 0 aliphatic heterocycles. The lowest BCUT2D eigenvalue weighted by Crippen LogP contribution is -2.22. The number of carbonyl (C=O) groups excluding carboxylic acids is 1. The lowest BCUT2D eigenvalue weighted by Gasteiger charge is -2.12. The van der Waals surface area contributed by atoms with Crippen LogP contribution in [0.2, 0.25) is 0 Å². The van der Waals surface area contributed by atoms with E-state index < -0.39 is 6.09 Å². The number of nitrogens with zero attached hydrogens (tertiary/aromatic N) is 1. The Kier molecular flexibility index (Phi) is 4.71. The van der Waals surface area contributed by atoms with Crippen molar-refractivity contribution in [2.24, 2.45) is 0 Å². The lowest BCUT2D eigenvalue weighted by atomic mass is 10.8. The zero-order valence-corrected chi connectivity index (χ0v) is 6.83. The molecule has 5 heteroatoms. The minimum atomic E-state index is -0.419. The van der Waals surface area contributed by atoms with Crippen LogP contribution in [0.4, 0.5) is 4.79 Å². The van der Waals surface area contributed by atoms with Crippen LogP contribution in [-0.4, -0.2) is 24.1 Å². The molecule has 0 atom stereocenters. The van der Waals surface area contributed by atoms with Gasteiger partial charge in [0.2, 0.25) is 0 Å². The van der Waals surface area contributed by atoms with E-state index in [9.17, 15) is 4.79 Å². The van der Waals surface area contributed by atoms with Crippen LogP contribution in [0, 0.1) is 0 Å². The third-order valence-corrected chi connectivity index (χ3v) is 1.82. The van der Waals surface area contributed by atoms with Crippen molar-refractivity contribution in [3.8, 4) is 0 Å². The summed E-state index contributed by atoms with van der Waals surface area (Å²) in [5, 5.41) is 0. The Morgan fingerprint density at radius 2 is 2.44 bits per heavy atom. The quantitative estimate of drug-likeness (QED) is 0.592. The highest BCUT2D eigenvalue weighted by Gasteiger charge is 2.09. The smallest absolute Gasteiger partial charge is 0.420 e. The molecule has 0 aromatic heterocycles. The molecule has 54 valence electrons. The van der Waals surface area contributed by atoms with Crippen molar-refractivity contribution in [1.29, 1.82) is 0 Å². The molecule has 0 spiro atoms. The van der Waals surface area contributed by atoms with E-state index in [4.69, 9.17) is 10.7 Å². The number of hydrogen-bond donors (Lipinski definition) is 0. The van der Waals surface area contributed by atoms with Gasteiger partial charge in [0, 0.05) is 6.54 Å². The first-order chi connectivity index (χ1) is 4.26. The number of rotatable bonds is 2. The summed E-state index contributed by atoms with van der Waals surface area (Å²) in [7, 11) is 6.60. The fraction of sp³-hybridized carbons (Fsp3) is 0.750. The summed E-state index contributed by atoms with van der Waals surface area (Å²) < 4.78 is 5.67. The zero-order chi connectivity index (χ0) is 7.28. The molecule has 0 saturated heterocycles. The predicted molar refractivity (Wildman–Crippen MR) is 38.2 cm³/mol. The largest absolute Gasteiger partial charge is 0.452 e. The van der Waals surface area contributed by atoms with Crippen molar-refractivity contribution in [2.45, 2.75) is 6.92 Å². The van der Waals surface area contributed by atoms with Crippen molar-refractivity contribution >= 4 is 27.9 Å². The van der Waals surface area contributed by atoms with Crippen molar-refractivity contribution < 1.29 is 9.53 Å². The van der Waals surface area contributed by atoms with Gasteiger partial charge in [-0.05, 0) is 17.6 Å². The van der Waals surface area contributed by atoms with Crippen LogP contribution in [0.3, 0.4) is 0 Å². The lowest BCUT2D eigenvalue weighted by molar-refractivity contribution is 0.153. The monoisotopic (exact) mass is 169 g/mol. The van der Waals surface area contributed by atoms with Crippen LogP contribution in [0.1, 0.15) is 6.92 Å². The summed E-state index contributed by atoms with van der Waals surface area (Å²) in [6.45, 7) is 2.35. The maximum atomic E-state index is 10.6. The van der Waals surface area contributed by atoms with Crippen LogP contribution in [0.5, 0.6) is 0 Å². The number of hydrogen-bond acceptors (Lipinski definition) is 3. The maximum absolute atomic E-state index is 10.6. The standard InChI is InChI=1S/C4H8ClNO2S/c1-3-6(9-5)4(7)8-2/h3H2,1-2H3. The van der Waals surface area contributed by atoms with E-state index in [1.165, 1.54) is 11.4 Å². The Hall–Kier alpha value is -0.0900. The molecule has 3 nitrogen and oxygen atoms in total. The molecular weight excluding hydrogens is 162 g/mol. The fourth-order valence-corrected chi connectivity index (χ4v) is 0.998. The molecule has 0 bridgehead atoms. The highest BCUT2D eigenvalue weighted by atomic mass is 35.7. The van der Waals surface area contributed by atoms with E-state index in [1.807, 2.05) is 6.92 Å². The van der Waals surface area contributed by atoms with Crippen molar-refractivity contribution in [3.05, 3.63) is 0 Å². The normalized spacial score (nSPS) is 8.78. The predicted octanol–water partition coefficient (Wildman–Crippen LogP) is 1.88. The molecule has 0 aliphatic carbocycles. The Morgan fingerprint density at radius 3 is 2.56 bits per heavy atom. The van der Waals surface area contributed by atoms with Gasteiger partial charge in [0.05, 0.1) is 18.3 Å². The van der Waals surface area contributed by atoms with Gasteiger partial charge in [0.1, 0.15) is 0 Å². The van der Waals surface area contributed by atoms with Gasteiger partial charge in [0.15, 0.2) is 0 Å². The van der Waals surface area contributed by atoms with E-state index in [0.29, 0.717) is 6.54 Å². The first kappa shape index (κ1) is 8.91. The van der Waals surface area contributed by atoms with Crippen LogP contribution in [-0.2, 0) is 4.74 Å². The Labute approximate surface area is 62.9 Å². The molecule has 0 N–H and O–H groups in total. The van der Waals surface area contributed by atoms with Crippen molar-refractivity contribution in [3.63, 3.8) is 0 Å². The van der Waals surface area contributed by atoms with E-state index in [2.05, 4.69) is 4.74 Å². The number of halogens is 1. The van der Waals surface area contributed by atoms with Crippen LogP contribution in [0.25, 0.3) is 0 Å². The SMILES string of the molecule is CCN(SCl)C(=O)OC. The van der Waals surface area contributed by atoms with Crippen LogP contribution in [0.15, 0.2) is 0 Å². The molecular formula is C4H8ClNO2S. The second-order valence-electron chi connectivity index (χ2n) is 1.23. The third kappa shape index (κ3) is 2.81. The molecule has 0 radical (unpaired) electrons. The van der Waals surface area contributed by atoms with Gasteiger partial charge in [-0.25, -0.2) is 9.10 Å². The minimum Gasteiger partial charge on any atom is -0.452 e. The highest BCUT2D eigenvalue weighted by Crippen LogP contribution is 2.14. The molecule has 0 unspecified atom stereocenters. The van der Waals surface area contributed by atoms with E-state index in [0.717, 1.165) is 11.2 Å². The molecule has 1 amide bonds. The summed E-state index contributed by atoms with van der Waals surface area (Å²) in [4.78, 5) is 10.6. The molecule has 0 aromatic carbocycles. The second kappa shape index (κ2) is 4.76. The van der Waals surface area contributed by atoms with Gasteiger partial charge >= 0.3 is 6.09 Å². The number of ether oxygens (including phenoxy) is 1. The Bertz CT molecular complexity index is 96.6. The van der Waals surface area contributed by atoms with Crippen molar-refractivity contribution in [1.82, 2.24) is 4.31 Å². The molecule has 0 heterocycles. The molecule has 0 rings (SSSR count). The van der Waals surface area contributed by atoms with Gasteiger partial charge in [-0.15, -0.1) is 0 Å². The number of methoxy groups -OCH3 is 1. The molecule has 0 aromatic rings. The second-order valence-corrected chi connectivity index (χ2v) is 2.23. The van der Waals surface area contributed by atoms with Crippen LogP contribution >= 0.6 is 21.8 Å². The summed E-state index contributed by atoms with van der Waals surface area (Å²) in [5.74, 6) is 0. The van der Waals surface area contributed by atoms with E-state index in [1.54, 1.807) is 0 Å². The Morgan fingerprint density at radius 1 is 1.89 bits per heavy atom. The first-order valence-electron chi connectivity index (χ1n) is 2.40. The Balaban J connectivity index is 3.64. The molecule has 0 fully saturated rings. The molecule has 0 saturated carbocycles. The molecule has 0 aliphatic rings. The number of amides is 1. The van der Waals surface area contributed by atoms with Gasteiger partial charge in [-0.3, -0.25) is 0 Å². The average molecular weight is 170 g/mol. The third-order valence-electron chi connectivity index (χ3n) is 0.749. The summed E-state index contributed by atoms with van der Waals surface area (Å²) in [5.41, 5.74) is 0. The summed E-state index contributed by atoms with van der Waals surface area (Å²) in [6.07, 6.45) is -0.419. The average Bonchev–Trinajstić information content (AvgIpc) is 1.90. The fourth-order valence-electron chi connectivity index (χ4n) is 0.308. The molecule has 9 heavy (non-hydrogen) atoms. The maximum Gasteiger partial charge on any atom is 0.420 e. The van der Waals surface area contributed by atoms with Gasteiger partial charge in [0.25, 0.3) is 0 Å². The summed E-state index contributed by atoms with van der Waals surface area (Å²) in [6, 6.07) is 0. The topological polar surface area (TPSA) is 29.5 Å². The van der Waals surface area contributed by atoms with Crippen LogP contribution < -0.4 is 0 Å². The minimum absolute atomic E-state index is 0.419. The zero-order valence-electron chi connectivity index (χ0n) is 5.26. The van der Waals surface area contributed by atoms with Crippen molar-refractivity contribution in [2.75, 3.05) is 13.7 Å². The first-order valence-corrected chi connectivity index (χ1v) is 4.00. The van der Waals surface area contributed by atoms with Gasteiger partial charge in [-0.1, -0.05) is 0 Å². The van der Waals surface area contributed by atoms with Gasteiger partial charge < -0.3 is 4.74 Å². The number of carbonyl (C=O) groups is 1.